The molecule has 3 heterocycles. The Morgan fingerprint density at radius 1 is 1.11 bits per heavy atom. The molecule has 0 bridgehead atoms. The van der Waals surface area contributed by atoms with Gasteiger partial charge in [0.1, 0.15) is 17.2 Å². The molecule has 0 aliphatic carbocycles. The van der Waals surface area contributed by atoms with E-state index < -0.39 is 52.9 Å². The topological polar surface area (TPSA) is 92.1 Å². The van der Waals surface area contributed by atoms with E-state index in [-0.39, 0.29) is 5.69 Å². The summed E-state index contributed by atoms with van der Waals surface area (Å²) in [6.07, 6.45) is -10.7. The lowest BCUT2D eigenvalue weighted by atomic mass is 9.88. The Kier molecular flexibility index (Phi) is 4.35. The van der Waals surface area contributed by atoms with Crippen molar-refractivity contribution in [3.63, 3.8) is 0 Å². The van der Waals surface area contributed by atoms with E-state index in [1.807, 2.05) is 0 Å². The summed E-state index contributed by atoms with van der Waals surface area (Å²) in [6.45, 7) is 0.386. The number of halogens is 6. The number of nitrogens with zero attached hydrogens (tertiary/aromatic N) is 3. The quantitative estimate of drug-likeness (QED) is 0.747. The monoisotopic (exact) mass is 407 g/mol. The number of alkyl halides is 6. The Hall–Kier alpha value is -3.12. The van der Waals surface area contributed by atoms with E-state index in [0.717, 1.165) is 6.92 Å². The van der Waals surface area contributed by atoms with Crippen LogP contribution < -0.4 is 16.6 Å². The molecule has 7 nitrogen and oxygen atoms in total. The molecule has 2 aromatic rings. The van der Waals surface area contributed by atoms with E-state index in [1.165, 1.54) is 29.4 Å². The van der Waals surface area contributed by atoms with Gasteiger partial charge in [0, 0.05) is 6.20 Å². The van der Waals surface area contributed by atoms with Gasteiger partial charge in [-0.25, -0.2) is 9.79 Å². The molecule has 0 amide bonds. The predicted octanol–water partition coefficient (Wildman–Crippen LogP) is 2.14. The Bertz CT molecular complexity index is 1040. The molecule has 0 atom stereocenters. The molecule has 0 aromatic carbocycles. The zero-order chi connectivity index (χ0) is 20.9. The molecule has 1 aliphatic rings. The molecular weight excluding hydrogens is 396 g/mol. The SMILES string of the molecule is CC1=NC(C(F)(F)F)(C(F)(F)F)c2c(n(Cc3ccccn3)c(=O)[nH]c2=O)N1. The van der Waals surface area contributed by atoms with Crippen LogP contribution in [-0.2, 0) is 12.1 Å². The van der Waals surface area contributed by atoms with E-state index in [0.29, 0.717) is 4.57 Å². The Balaban J connectivity index is 2.39. The van der Waals surface area contributed by atoms with E-state index in [1.54, 1.807) is 0 Å². The highest BCUT2D eigenvalue weighted by Crippen LogP contribution is 2.54. The van der Waals surface area contributed by atoms with Crippen LogP contribution in [0.2, 0.25) is 0 Å². The van der Waals surface area contributed by atoms with E-state index in [4.69, 9.17) is 0 Å². The number of hydrogen-bond donors (Lipinski definition) is 2. The number of rotatable bonds is 2. The van der Waals surface area contributed by atoms with Gasteiger partial charge in [-0.15, -0.1) is 0 Å². The summed E-state index contributed by atoms with van der Waals surface area (Å²) in [7, 11) is 0. The minimum atomic E-state index is -6.00. The first-order valence-electron chi connectivity index (χ1n) is 7.63. The largest absolute Gasteiger partial charge is 0.427 e. The molecule has 1 aliphatic heterocycles. The smallest absolute Gasteiger partial charge is 0.330 e. The van der Waals surface area contributed by atoms with Crippen molar-refractivity contribution in [3.05, 3.63) is 56.5 Å². The maximum Gasteiger partial charge on any atom is 0.427 e. The molecule has 3 rings (SSSR count). The van der Waals surface area contributed by atoms with Crippen LogP contribution in [0.5, 0.6) is 0 Å². The predicted molar refractivity (Wildman–Crippen MR) is 85.2 cm³/mol. The van der Waals surface area contributed by atoms with E-state index in [9.17, 15) is 35.9 Å². The van der Waals surface area contributed by atoms with Gasteiger partial charge in [-0.3, -0.25) is 19.3 Å². The summed E-state index contributed by atoms with van der Waals surface area (Å²) in [6, 6.07) is 4.46. The lowest BCUT2D eigenvalue weighted by Crippen LogP contribution is -2.59. The van der Waals surface area contributed by atoms with Crippen molar-refractivity contribution in [1.29, 1.82) is 0 Å². The van der Waals surface area contributed by atoms with Crippen molar-refractivity contribution in [2.45, 2.75) is 31.4 Å². The molecule has 28 heavy (non-hydrogen) atoms. The second-order valence-corrected chi connectivity index (χ2v) is 5.92. The van der Waals surface area contributed by atoms with Gasteiger partial charge >= 0.3 is 18.0 Å². The van der Waals surface area contributed by atoms with Crippen LogP contribution in [0.1, 0.15) is 18.2 Å². The van der Waals surface area contributed by atoms with Crippen LogP contribution in [0.25, 0.3) is 0 Å². The van der Waals surface area contributed by atoms with Crippen molar-refractivity contribution in [2.24, 2.45) is 4.99 Å². The summed E-state index contributed by atoms with van der Waals surface area (Å²) >= 11 is 0. The number of H-pyrrole nitrogens is 1. The molecule has 13 heteroatoms. The number of fused-ring (bicyclic) bond motifs is 1. The van der Waals surface area contributed by atoms with Gasteiger partial charge in [0.25, 0.3) is 11.1 Å². The van der Waals surface area contributed by atoms with E-state index >= 15 is 0 Å². The normalized spacial score (nSPS) is 16.2. The lowest BCUT2D eigenvalue weighted by molar-refractivity contribution is -0.301. The van der Waals surface area contributed by atoms with Crippen LogP contribution in [-0.4, -0.2) is 32.7 Å². The zero-order valence-corrected chi connectivity index (χ0v) is 13.9. The first-order valence-corrected chi connectivity index (χ1v) is 7.63. The lowest BCUT2D eigenvalue weighted by Gasteiger charge is -2.38. The molecule has 0 spiro atoms. The first-order chi connectivity index (χ1) is 12.9. The fraction of sp³-hybridized carbons (Fsp3) is 0.333. The van der Waals surface area contributed by atoms with Crippen LogP contribution in [0, 0.1) is 0 Å². The number of amidine groups is 1. The van der Waals surface area contributed by atoms with Gasteiger partial charge < -0.3 is 5.32 Å². The van der Waals surface area contributed by atoms with Crippen LogP contribution in [0.3, 0.4) is 0 Å². The van der Waals surface area contributed by atoms with Crippen LogP contribution in [0.4, 0.5) is 32.2 Å². The Labute approximate surface area is 151 Å². The summed E-state index contributed by atoms with van der Waals surface area (Å²) in [5.74, 6) is -1.71. The Morgan fingerprint density at radius 2 is 1.75 bits per heavy atom. The van der Waals surface area contributed by atoms with Crippen molar-refractivity contribution in [2.75, 3.05) is 5.32 Å². The summed E-state index contributed by atoms with van der Waals surface area (Å²) in [5.41, 5.74) is -9.44. The van der Waals surface area contributed by atoms with Crippen molar-refractivity contribution in [1.82, 2.24) is 14.5 Å². The molecule has 0 saturated carbocycles. The number of aromatic nitrogens is 3. The molecule has 2 N–H and O–H groups in total. The molecule has 2 aromatic heterocycles. The number of aromatic amines is 1. The second kappa shape index (κ2) is 6.21. The molecule has 0 radical (unpaired) electrons. The van der Waals surface area contributed by atoms with Crippen LogP contribution in [0.15, 0.2) is 39.0 Å². The molecule has 150 valence electrons. The third-order valence-electron chi connectivity index (χ3n) is 4.06. The van der Waals surface area contributed by atoms with Crippen molar-refractivity contribution < 1.29 is 26.3 Å². The minimum absolute atomic E-state index is 0.172. The van der Waals surface area contributed by atoms with Crippen molar-refractivity contribution in [3.8, 4) is 0 Å². The first kappa shape index (κ1) is 19.6. The zero-order valence-electron chi connectivity index (χ0n) is 13.9. The maximum atomic E-state index is 13.7. The van der Waals surface area contributed by atoms with Gasteiger partial charge in [-0.2, -0.15) is 26.3 Å². The van der Waals surface area contributed by atoms with Gasteiger partial charge in [0.2, 0.25) is 0 Å². The van der Waals surface area contributed by atoms with Gasteiger partial charge in [-0.1, -0.05) is 6.07 Å². The molecular formula is C15H11F6N5O2. The average molecular weight is 407 g/mol. The number of hydrogen-bond acceptors (Lipinski definition) is 5. The highest BCUT2D eigenvalue weighted by Gasteiger charge is 2.75. The van der Waals surface area contributed by atoms with Gasteiger partial charge in [-0.05, 0) is 19.1 Å². The maximum absolute atomic E-state index is 13.7. The fourth-order valence-electron chi connectivity index (χ4n) is 2.92. The summed E-state index contributed by atoms with van der Waals surface area (Å²) in [5, 5.41) is 2.19. The number of aliphatic imine (C=N–C) groups is 1. The van der Waals surface area contributed by atoms with Crippen LogP contribution >= 0.6 is 0 Å². The number of pyridine rings is 1. The second-order valence-electron chi connectivity index (χ2n) is 5.92. The minimum Gasteiger partial charge on any atom is -0.330 e. The number of nitrogens with one attached hydrogen (secondary N) is 2. The summed E-state index contributed by atoms with van der Waals surface area (Å²) in [4.78, 5) is 32.4. The summed E-state index contributed by atoms with van der Waals surface area (Å²) < 4.78 is 82.6. The molecule has 0 unspecified atom stereocenters. The molecule has 0 saturated heterocycles. The standard InChI is InChI=1S/C15H11F6N5O2/c1-7-23-10-9(13(25-7,14(16,17)18)15(19,20)21)11(27)24-12(28)26(10)6-8-4-2-3-5-22-8/h2-5H,6H2,1H3,(H,23,25)(H,24,27,28). The van der Waals surface area contributed by atoms with Gasteiger partial charge in [0.15, 0.2) is 0 Å². The van der Waals surface area contributed by atoms with Crippen molar-refractivity contribution >= 4 is 11.7 Å². The average Bonchev–Trinajstić information content (AvgIpc) is 2.56. The molecule has 0 fully saturated rings. The third-order valence-corrected chi connectivity index (χ3v) is 4.06. The number of anilines is 1. The highest BCUT2D eigenvalue weighted by molar-refractivity contribution is 5.96. The Morgan fingerprint density at radius 3 is 2.29 bits per heavy atom. The third kappa shape index (κ3) is 2.86. The fourth-order valence-corrected chi connectivity index (χ4v) is 2.92. The van der Waals surface area contributed by atoms with E-state index in [2.05, 4.69) is 15.3 Å². The van der Waals surface area contributed by atoms with Gasteiger partial charge in [0.05, 0.1) is 12.2 Å². The highest BCUT2D eigenvalue weighted by atomic mass is 19.4.